The maximum atomic E-state index is 13.6. The predicted octanol–water partition coefficient (Wildman–Crippen LogP) is 4.40. The fourth-order valence-corrected chi connectivity index (χ4v) is 3.81. The van der Waals surface area contributed by atoms with E-state index in [0.29, 0.717) is 29.4 Å². The number of halogens is 1. The summed E-state index contributed by atoms with van der Waals surface area (Å²) in [5.41, 5.74) is 3.83. The molecule has 8 heteroatoms. The van der Waals surface area contributed by atoms with E-state index < -0.39 is 5.82 Å². The first-order chi connectivity index (χ1) is 15.1. The number of benzene rings is 2. The molecule has 0 bridgehead atoms. The van der Waals surface area contributed by atoms with E-state index in [0.717, 1.165) is 35.2 Å². The Morgan fingerprint density at radius 1 is 1.19 bits per heavy atom. The van der Waals surface area contributed by atoms with Crippen LogP contribution in [0.1, 0.15) is 16.8 Å². The molecule has 156 valence electrons. The van der Waals surface area contributed by atoms with Gasteiger partial charge in [-0.3, -0.25) is 4.57 Å². The molecule has 0 spiro atoms. The first kappa shape index (κ1) is 19.2. The van der Waals surface area contributed by atoms with Crippen LogP contribution in [0.25, 0.3) is 10.9 Å². The summed E-state index contributed by atoms with van der Waals surface area (Å²) in [6, 6.07) is 11.4. The minimum Gasteiger partial charge on any atom is -0.439 e. The SMILES string of the molecule is Cc1cc(F)cc(NC(=O)n2ccc3cc(Oc4ncnc5c4CCNC5)ccc32)c1. The van der Waals surface area contributed by atoms with Gasteiger partial charge in [0, 0.05) is 29.4 Å². The van der Waals surface area contributed by atoms with Crippen molar-refractivity contribution in [3.8, 4) is 11.6 Å². The Kier molecular flexibility index (Phi) is 4.83. The first-order valence-corrected chi connectivity index (χ1v) is 9.98. The van der Waals surface area contributed by atoms with E-state index in [4.69, 9.17) is 4.74 Å². The number of fused-ring (bicyclic) bond motifs is 2. The van der Waals surface area contributed by atoms with E-state index in [1.54, 1.807) is 25.3 Å². The summed E-state index contributed by atoms with van der Waals surface area (Å²) in [4.78, 5) is 21.3. The van der Waals surface area contributed by atoms with Gasteiger partial charge in [-0.05, 0) is 67.9 Å². The second-order valence-electron chi connectivity index (χ2n) is 7.49. The lowest BCUT2D eigenvalue weighted by atomic mass is 10.1. The maximum absolute atomic E-state index is 13.6. The molecule has 2 aromatic heterocycles. The van der Waals surface area contributed by atoms with Crippen molar-refractivity contribution >= 4 is 22.6 Å². The van der Waals surface area contributed by atoms with Crippen molar-refractivity contribution in [1.29, 1.82) is 0 Å². The number of rotatable bonds is 3. The number of carbonyl (C=O) groups excluding carboxylic acids is 1. The molecule has 0 saturated carbocycles. The molecule has 1 amide bonds. The topological polar surface area (TPSA) is 81.1 Å². The van der Waals surface area contributed by atoms with Crippen LogP contribution in [-0.4, -0.2) is 27.1 Å². The summed E-state index contributed by atoms with van der Waals surface area (Å²) < 4.78 is 21.1. The van der Waals surface area contributed by atoms with Gasteiger partial charge in [0.05, 0.1) is 11.2 Å². The monoisotopic (exact) mass is 417 g/mol. The molecular weight excluding hydrogens is 397 g/mol. The highest BCUT2D eigenvalue weighted by Gasteiger charge is 2.17. The summed E-state index contributed by atoms with van der Waals surface area (Å²) in [5.74, 6) is 0.799. The fraction of sp³-hybridized carbons (Fsp3) is 0.174. The van der Waals surface area contributed by atoms with Gasteiger partial charge in [0.25, 0.3) is 0 Å². The summed E-state index contributed by atoms with van der Waals surface area (Å²) in [5, 5.41) is 6.86. The molecule has 2 aromatic carbocycles. The Bertz CT molecular complexity index is 1280. The molecule has 5 rings (SSSR count). The third-order valence-electron chi connectivity index (χ3n) is 5.23. The van der Waals surface area contributed by atoms with Gasteiger partial charge in [0.1, 0.15) is 17.9 Å². The third kappa shape index (κ3) is 3.85. The number of anilines is 1. The molecule has 0 radical (unpaired) electrons. The van der Waals surface area contributed by atoms with Crippen LogP contribution in [0.5, 0.6) is 11.6 Å². The van der Waals surface area contributed by atoms with Crippen molar-refractivity contribution in [2.24, 2.45) is 0 Å². The van der Waals surface area contributed by atoms with Crippen molar-refractivity contribution in [2.75, 3.05) is 11.9 Å². The van der Waals surface area contributed by atoms with Gasteiger partial charge in [-0.2, -0.15) is 0 Å². The number of aryl methyl sites for hydroxylation is 1. The molecule has 4 aromatic rings. The second-order valence-corrected chi connectivity index (χ2v) is 7.49. The Morgan fingerprint density at radius 3 is 2.97 bits per heavy atom. The first-order valence-electron chi connectivity index (χ1n) is 9.98. The average Bonchev–Trinajstić information content (AvgIpc) is 3.17. The molecule has 7 nitrogen and oxygen atoms in total. The summed E-state index contributed by atoms with van der Waals surface area (Å²) in [6.45, 7) is 3.34. The van der Waals surface area contributed by atoms with E-state index in [1.165, 1.54) is 23.0 Å². The van der Waals surface area contributed by atoms with Crippen LogP contribution in [0, 0.1) is 12.7 Å². The van der Waals surface area contributed by atoms with E-state index in [-0.39, 0.29) is 6.03 Å². The number of hydrogen-bond donors (Lipinski definition) is 2. The molecule has 0 saturated heterocycles. The van der Waals surface area contributed by atoms with Gasteiger partial charge in [0.2, 0.25) is 5.88 Å². The Balaban J connectivity index is 1.39. The van der Waals surface area contributed by atoms with Gasteiger partial charge in [-0.15, -0.1) is 0 Å². The lowest BCUT2D eigenvalue weighted by Crippen LogP contribution is -2.25. The fourth-order valence-electron chi connectivity index (χ4n) is 3.81. The number of ether oxygens (including phenoxy) is 1. The van der Waals surface area contributed by atoms with E-state index in [9.17, 15) is 9.18 Å². The summed E-state index contributed by atoms with van der Waals surface area (Å²) in [6.07, 6.45) is 3.99. The lowest BCUT2D eigenvalue weighted by molar-refractivity contribution is 0.254. The minimum atomic E-state index is -0.392. The smallest absolute Gasteiger partial charge is 0.330 e. The zero-order valence-electron chi connectivity index (χ0n) is 16.9. The largest absolute Gasteiger partial charge is 0.439 e. The maximum Gasteiger partial charge on any atom is 0.330 e. The van der Waals surface area contributed by atoms with Crippen LogP contribution >= 0.6 is 0 Å². The Hall–Kier alpha value is -3.78. The van der Waals surface area contributed by atoms with Crippen LogP contribution in [-0.2, 0) is 13.0 Å². The molecular formula is C23H20FN5O2. The van der Waals surface area contributed by atoms with Crippen molar-refractivity contribution in [2.45, 2.75) is 19.9 Å². The number of nitrogens with zero attached hydrogens (tertiary/aromatic N) is 3. The van der Waals surface area contributed by atoms with Gasteiger partial charge in [0.15, 0.2) is 0 Å². The molecule has 0 aliphatic carbocycles. The molecule has 0 fully saturated rings. The molecule has 0 atom stereocenters. The van der Waals surface area contributed by atoms with E-state index in [1.807, 2.05) is 18.2 Å². The highest BCUT2D eigenvalue weighted by molar-refractivity contribution is 5.98. The summed E-state index contributed by atoms with van der Waals surface area (Å²) >= 11 is 0. The van der Waals surface area contributed by atoms with E-state index in [2.05, 4.69) is 20.6 Å². The molecule has 3 heterocycles. The molecule has 1 aliphatic heterocycles. The zero-order valence-corrected chi connectivity index (χ0v) is 16.9. The van der Waals surface area contributed by atoms with Crippen molar-refractivity contribution in [3.63, 3.8) is 0 Å². The highest BCUT2D eigenvalue weighted by atomic mass is 19.1. The Morgan fingerprint density at radius 2 is 2.10 bits per heavy atom. The highest BCUT2D eigenvalue weighted by Crippen LogP contribution is 2.29. The number of aromatic nitrogens is 3. The Labute approximate surface area is 177 Å². The number of hydrogen-bond acceptors (Lipinski definition) is 5. The predicted molar refractivity (Wildman–Crippen MR) is 115 cm³/mol. The van der Waals surface area contributed by atoms with Gasteiger partial charge >= 0.3 is 6.03 Å². The van der Waals surface area contributed by atoms with Crippen LogP contribution in [0.4, 0.5) is 14.9 Å². The minimum absolute atomic E-state index is 0.369. The lowest BCUT2D eigenvalue weighted by Gasteiger charge is -2.18. The van der Waals surface area contributed by atoms with Crippen LogP contribution in [0.15, 0.2) is 55.0 Å². The quantitative estimate of drug-likeness (QED) is 0.517. The summed E-state index contributed by atoms with van der Waals surface area (Å²) in [7, 11) is 0. The van der Waals surface area contributed by atoms with Crippen molar-refractivity contribution in [1.82, 2.24) is 19.9 Å². The van der Waals surface area contributed by atoms with Gasteiger partial charge in [-0.25, -0.2) is 19.2 Å². The molecule has 0 unspecified atom stereocenters. The van der Waals surface area contributed by atoms with Crippen molar-refractivity contribution in [3.05, 3.63) is 77.6 Å². The third-order valence-corrected chi connectivity index (χ3v) is 5.23. The average molecular weight is 417 g/mol. The molecule has 2 N–H and O–H groups in total. The van der Waals surface area contributed by atoms with E-state index >= 15 is 0 Å². The number of nitrogens with one attached hydrogen (secondary N) is 2. The van der Waals surface area contributed by atoms with Gasteiger partial charge < -0.3 is 15.4 Å². The normalized spacial score (nSPS) is 13.1. The van der Waals surface area contributed by atoms with Crippen molar-refractivity contribution < 1.29 is 13.9 Å². The van der Waals surface area contributed by atoms with Crippen LogP contribution in [0.3, 0.4) is 0 Å². The number of carbonyl (C=O) groups is 1. The molecule has 31 heavy (non-hydrogen) atoms. The second kappa shape index (κ2) is 7.81. The zero-order chi connectivity index (χ0) is 21.4. The standard InChI is InChI=1S/C23H20FN5O2/c1-14-8-16(24)11-17(9-14)28-23(30)29-7-5-15-10-18(2-3-21(15)29)31-22-19-4-6-25-12-20(19)26-13-27-22/h2-3,5,7-11,13,25H,4,6,12H2,1H3,(H,28,30). The van der Waals surface area contributed by atoms with Gasteiger partial charge in [-0.1, -0.05) is 0 Å². The number of amides is 1. The molecule has 1 aliphatic rings. The van der Waals surface area contributed by atoms with Crippen LogP contribution in [0.2, 0.25) is 0 Å². The van der Waals surface area contributed by atoms with Crippen LogP contribution < -0.4 is 15.4 Å².